The number of aromatic nitrogens is 3. The summed E-state index contributed by atoms with van der Waals surface area (Å²) in [6, 6.07) is 18.9. The predicted molar refractivity (Wildman–Crippen MR) is 123 cm³/mol. The SMILES string of the molecule is COc1ccc(Cn2nc(-c3ccnc(N4CCOCC4)c3)c3ccc(C)cc32)cc1. The molecule has 5 rings (SSSR count). The molecular weight excluding hydrogens is 388 g/mol. The van der Waals surface area contributed by atoms with Gasteiger partial charge in [-0.3, -0.25) is 4.68 Å². The van der Waals surface area contributed by atoms with Crippen LogP contribution in [0.1, 0.15) is 11.1 Å². The maximum absolute atomic E-state index is 5.49. The molecule has 0 saturated carbocycles. The molecule has 1 saturated heterocycles. The minimum absolute atomic E-state index is 0.700. The standard InChI is InChI=1S/C25H26N4O2/c1-18-3-8-22-23(15-18)29(17-19-4-6-21(30-2)7-5-19)27-25(22)20-9-10-26-24(16-20)28-11-13-31-14-12-28/h3-10,15-16H,11-14,17H2,1-2H3. The van der Waals surface area contributed by atoms with Crippen molar-refractivity contribution in [2.24, 2.45) is 0 Å². The second-order valence-corrected chi connectivity index (χ2v) is 7.88. The molecular formula is C25H26N4O2. The van der Waals surface area contributed by atoms with Crippen molar-refractivity contribution in [3.8, 4) is 17.0 Å². The molecule has 1 fully saturated rings. The van der Waals surface area contributed by atoms with Crippen molar-refractivity contribution in [1.82, 2.24) is 14.8 Å². The van der Waals surface area contributed by atoms with Gasteiger partial charge in [-0.05, 0) is 48.4 Å². The van der Waals surface area contributed by atoms with Gasteiger partial charge in [0.15, 0.2) is 0 Å². The summed E-state index contributed by atoms with van der Waals surface area (Å²) >= 11 is 0. The van der Waals surface area contributed by atoms with E-state index in [0.29, 0.717) is 6.54 Å². The van der Waals surface area contributed by atoms with Crippen LogP contribution in [-0.2, 0) is 11.3 Å². The summed E-state index contributed by atoms with van der Waals surface area (Å²) in [5, 5.41) is 6.19. The summed E-state index contributed by atoms with van der Waals surface area (Å²) in [7, 11) is 1.69. The smallest absolute Gasteiger partial charge is 0.129 e. The van der Waals surface area contributed by atoms with E-state index in [2.05, 4.69) is 57.9 Å². The molecule has 0 N–H and O–H groups in total. The van der Waals surface area contributed by atoms with Crippen molar-refractivity contribution < 1.29 is 9.47 Å². The van der Waals surface area contributed by atoms with Gasteiger partial charge in [-0.1, -0.05) is 24.3 Å². The Balaban J connectivity index is 1.55. The highest BCUT2D eigenvalue weighted by Gasteiger charge is 2.17. The highest BCUT2D eigenvalue weighted by molar-refractivity contribution is 5.94. The van der Waals surface area contributed by atoms with Gasteiger partial charge in [-0.15, -0.1) is 0 Å². The van der Waals surface area contributed by atoms with E-state index in [9.17, 15) is 0 Å². The van der Waals surface area contributed by atoms with Crippen LogP contribution in [0.15, 0.2) is 60.8 Å². The minimum atomic E-state index is 0.700. The lowest BCUT2D eigenvalue weighted by Gasteiger charge is -2.27. The molecule has 2 aromatic carbocycles. The van der Waals surface area contributed by atoms with Gasteiger partial charge >= 0.3 is 0 Å². The lowest BCUT2D eigenvalue weighted by molar-refractivity contribution is 0.122. The molecule has 0 atom stereocenters. The van der Waals surface area contributed by atoms with E-state index in [1.54, 1.807) is 7.11 Å². The fourth-order valence-corrected chi connectivity index (χ4v) is 4.05. The molecule has 31 heavy (non-hydrogen) atoms. The lowest BCUT2D eigenvalue weighted by Crippen LogP contribution is -2.36. The zero-order valence-electron chi connectivity index (χ0n) is 17.9. The molecule has 0 spiro atoms. The average Bonchev–Trinajstić information content (AvgIpc) is 3.17. The van der Waals surface area contributed by atoms with Crippen molar-refractivity contribution >= 4 is 16.7 Å². The number of benzene rings is 2. The molecule has 6 nitrogen and oxygen atoms in total. The number of aryl methyl sites for hydroxylation is 1. The summed E-state index contributed by atoms with van der Waals surface area (Å²) in [5.41, 5.74) is 5.61. The third-order valence-corrected chi connectivity index (χ3v) is 5.75. The Morgan fingerprint density at radius 3 is 2.58 bits per heavy atom. The van der Waals surface area contributed by atoms with Crippen LogP contribution < -0.4 is 9.64 Å². The monoisotopic (exact) mass is 414 g/mol. The number of ether oxygens (including phenoxy) is 2. The van der Waals surface area contributed by atoms with E-state index in [-0.39, 0.29) is 0 Å². The Labute approximate surface area is 182 Å². The summed E-state index contributed by atoms with van der Waals surface area (Å²) in [4.78, 5) is 6.87. The highest BCUT2D eigenvalue weighted by Crippen LogP contribution is 2.31. The molecule has 1 aliphatic rings. The minimum Gasteiger partial charge on any atom is -0.497 e. The number of pyridine rings is 1. The highest BCUT2D eigenvalue weighted by atomic mass is 16.5. The number of morpholine rings is 1. The molecule has 6 heteroatoms. The van der Waals surface area contributed by atoms with Crippen LogP contribution >= 0.6 is 0 Å². The zero-order chi connectivity index (χ0) is 21.2. The van der Waals surface area contributed by atoms with Gasteiger partial charge in [-0.2, -0.15) is 5.10 Å². The Morgan fingerprint density at radius 2 is 1.81 bits per heavy atom. The number of hydrogen-bond donors (Lipinski definition) is 0. The number of rotatable bonds is 5. The van der Waals surface area contributed by atoms with Gasteiger partial charge in [-0.25, -0.2) is 4.98 Å². The van der Waals surface area contributed by atoms with E-state index < -0.39 is 0 Å². The first kappa shape index (κ1) is 19.6. The van der Waals surface area contributed by atoms with Crippen LogP contribution in [0.4, 0.5) is 5.82 Å². The second kappa shape index (κ2) is 8.40. The maximum Gasteiger partial charge on any atom is 0.129 e. The summed E-state index contributed by atoms with van der Waals surface area (Å²) in [6.45, 7) is 6.03. The van der Waals surface area contributed by atoms with Crippen molar-refractivity contribution in [3.05, 3.63) is 71.9 Å². The fraction of sp³-hybridized carbons (Fsp3) is 0.280. The van der Waals surface area contributed by atoms with Crippen molar-refractivity contribution in [2.45, 2.75) is 13.5 Å². The number of fused-ring (bicyclic) bond motifs is 1. The molecule has 2 aromatic heterocycles. The Bertz CT molecular complexity index is 1190. The molecule has 1 aliphatic heterocycles. The normalized spacial score (nSPS) is 14.2. The first-order chi connectivity index (χ1) is 15.2. The van der Waals surface area contributed by atoms with Crippen molar-refractivity contribution in [3.63, 3.8) is 0 Å². The molecule has 0 radical (unpaired) electrons. The summed E-state index contributed by atoms with van der Waals surface area (Å²) in [6.07, 6.45) is 1.88. The summed E-state index contributed by atoms with van der Waals surface area (Å²) < 4.78 is 12.9. The molecule has 0 aliphatic carbocycles. The fourth-order valence-electron chi connectivity index (χ4n) is 4.05. The van der Waals surface area contributed by atoms with Gasteiger partial charge in [0.05, 0.1) is 32.4 Å². The maximum atomic E-state index is 5.49. The van der Waals surface area contributed by atoms with Crippen LogP contribution in [0, 0.1) is 6.92 Å². The molecule has 158 valence electrons. The Morgan fingerprint density at radius 1 is 1.00 bits per heavy atom. The van der Waals surface area contributed by atoms with Crippen LogP contribution in [0.2, 0.25) is 0 Å². The number of anilines is 1. The first-order valence-corrected chi connectivity index (χ1v) is 10.6. The molecule has 0 bridgehead atoms. The number of hydrogen-bond acceptors (Lipinski definition) is 5. The van der Waals surface area contributed by atoms with E-state index in [0.717, 1.165) is 60.0 Å². The number of nitrogens with zero attached hydrogens (tertiary/aromatic N) is 4. The first-order valence-electron chi connectivity index (χ1n) is 10.6. The average molecular weight is 415 g/mol. The largest absolute Gasteiger partial charge is 0.497 e. The van der Waals surface area contributed by atoms with Crippen LogP contribution in [0.3, 0.4) is 0 Å². The van der Waals surface area contributed by atoms with Gasteiger partial charge in [0, 0.05) is 30.2 Å². The van der Waals surface area contributed by atoms with Crippen molar-refractivity contribution in [1.29, 1.82) is 0 Å². The number of methoxy groups -OCH3 is 1. The van der Waals surface area contributed by atoms with Gasteiger partial charge in [0.2, 0.25) is 0 Å². The molecule has 0 amide bonds. The van der Waals surface area contributed by atoms with Gasteiger partial charge < -0.3 is 14.4 Å². The second-order valence-electron chi connectivity index (χ2n) is 7.88. The zero-order valence-corrected chi connectivity index (χ0v) is 17.9. The molecule has 4 aromatic rings. The van der Waals surface area contributed by atoms with E-state index in [4.69, 9.17) is 14.6 Å². The summed E-state index contributed by atoms with van der Waals surface area (Å²) in [5.74, 6) is 1.84. The Hall–Kier alpha value is -3.38. The van der Waals surface area contributed by atoms with E-state index >= 15 is 0 Å². The molecule has 3 heterocycles. The van der Waals surface area contributed by atoms with Crippen LogP contribution in [-0.4, -0.2) is 48.2 Å². The third-order valence-electron chi connectivity index (χ3n) is 5.75. The van der Waals surface area contributed by atoms with Gasteiger partial charge in [0.25, 0.3) is 0 Å². The molecule has 0 unspecified atom stereocenters. The van der Waals surface area contributed by atoms with Gasteiger partial charge in [0.1, 0.15) is 17.3 Å². The topological polar surface area (TPSA) is 52.4 Å². The third kappa shape index (κ3) is 3.99. The quantitative estimate of drug-likeness (QED) is 0.487. The lowest BCUT2D eigenvalue weighted by atomic mass is 10.1. The van der Waals surface area contributed by atoms with E-state index in [1.165, 1.54) is 11.1 Å². The van der Waals surface area contributed by atoms with Crippen molar-refractivity contribution in [2.75, 3.05) is 38.3 Å². The van der Waals surface area contributed by atoms with E-state index in [1.807, 2.05) is 24.4 Å². The predicted octanol–water partition coefficient (Wildman–Crippen LogP) is 4.30. The van der Waals surface area contributed by atoms with Crippen LogP contribution in [0.5, 0.6) is 5.75 Å². The van der Waals surface area contributed by atoms with Crippen LogP contribution in [0.25, 0.3) is 22.2 Å². The Kier molecular flexibility index (Phi) is 5.30.